The van der Waals surface area contributed by atoms with Gasteiger partial charge in [-0.05, 0) is 24.6 Å². The molecule has 2 nitrogen and oxygen atoms in total. The van der Waals surface area contributed by atoms with Crippen LogP contribution in [0.1, 0.15) is 21.5 Å². The van der Waals surface area contributed by atoms with E-state index in [-0.39, 0.29) is 11.1 Å². The van der Waals surface area contributed by atoms with Crippen LogP contribution in [0, 0.1) is 18.6 Å². The van der Waals surface area contributed by atoms with E-state index in [1.165, 1.54) is 19.2 Å². The summed E-state index contributed by atoms with van der Waals surface area (Å²) in [5.41, 5.74) is 0.978. The van der Waals surface area contributed by atoms with E-state index in [0.29, 0.717) is 21.5 Å². The van der Waals surface area contributed by atoms with E-state index in [0.717, 1.165) is 6.07 Å². The number of para-hydroxylation sites is 1. The average Bonchev–Trinajstić information content (AvgIpc) is 2.87. The van der Waals surface area contributed by atoms with E-state index in [1.54, 1.807) is 18.2 Å². The van der Waals surface area contributed by atoms with Crippen LogP contribution >= 0.6 is 11.6 Å². The van der Waals surface area contributed by atoms with Crippen molar-refractivity contribution in [3.63, 3.8) is 0 Å². The van der Waals surface area contributed by atoms with Crippen molar-refractivity contribution in [2.75, 3.05) is 0 Å². The Morgan fingerprint density at radius 2 is 1.90 bits per heavy atom. The summed E-state index contributed by atoms with van der Waals surface area (Å²) >= 11 is 6.03. The topological polar surface area (TPSA) is 32.9 Å². The molecular formula is C16H10ClF2NO. The summed E-state index contributed by atoms with van der Waals surface area (Å²) < 4.78 is 27.2. The molecule has 2 aromatic carbocycles. The molecule has 0 fully saturated rings. The van der Waals surface area contributed by atoms with E-state index < -0.39 is 17.4 Å². The van der Waals surface area contributed by atoms with E-state index in [4.69, 9.17) is 11.6 Å². The third-order valence-corrected chi connectivity index (χ3v) is 3.72. The normalized spacial score (nSPS) is 11.0. The van der Waals surface area contributed by atoms with Crippen molar-refractivity contribution in [1.82, 2.24) is 4.98 Å². The fraction of sp³-hybridized carbons (Fsp3) is 0.0625. The van der Waals surface area contributed by atoms with Gasteiger partial charge in [-0.15, -0.1) is 0 Å². The van der Waals surface area contributed by atoms with Crippen LogP contribution in [0.5, 0.6) is 0 Å². The lowest BCUT2D eigenvalue weighted by Gasteiger charge is -2.04. The van der Waals surface area contributed by atoms with Crippen molar-refractivity contribution >= 4 is 28.3 Å². The van der Waals surface area contributed by atoms with Gasteiger partial charge >= 0.3 is 0 Å². The molecular weight excluding hydrogens is 296 g/mol. The molecule has 0 spiro atoms. The molecule has 0 saturated carbocycles. The van der Waals surface area contributed by atoms with Gasteiger partial charge in [-0.25, -0.2) is 8.78 Å². The first-order valence-corrected chi connectivity index (χ1v) is 6.63. The fourth-order valence-corrected chi connectivity index (χ4v) is 2.51. The number of carbonyl (C=O) groups excluding carboxylic acids is 1. The molecule has 1 aromatic heterocycles. The van der Waals surface area contributed by atoms with Crippen molar-refractivity contribution in [3.8, 4) is 0 Å². The van der Waals surface area contributed by atoms with Crippen molar-refractivity contribution in [2.24, 2.45) is 0 Å². The highest BCUT2D eigenvalue weighted by atomic mass is 35.5. The summed E-state index contributed by atoms with van der Waals surface area (Å²) in [7, 11) is 0. The third-order valence-electron chi connectivity index (χ3n) is 3.40. The molecule has 0 bridgehead atoms. The summed E-state index contributed by atoms with van der Waals surface area (Å²) in [5, 5.41) is 1.08. The van der Waals surface area contributed by atoms with Gasteiger partial charge < -0.3 is 4.98 Å². The van der Waals surface area contributed by atoms with E-state index in [1.807, 2.05) is 0 Å². The Morgan fingerprint density at radius 1 is 1.14 bits per heavy atom. The molecule has 1 N–H and O–H groups in total. The Labute approximate surface area is 124 Å². The SMILES string of the molecule is Cc1cc(C(=O)c2c[nH]c3c(Cl)cccc23)c(F)cc1F. The zero-order valence-corrected chi connectivity index (χ0v) is 11.8. The van der Waals surface area contributed by atoms with Crippen LogP contribution in [-0.2, 0) is 0 Å². The number of benzene rings is 2. The number of fused-ring (bicyclic) bond motifs is 1. The van der Waals surface area contributed by atoms with Crippen LogP contribution in [-0.4, -0.2) is 10.8 Å². The minimum Gasteiger partial charge on any atom is -0.359 e. The van der Waals surface area contributed by atoms with Gasteiger partial charge in [-0.1, -0.05) is 23.7 Å². The fourth-order valence-electron chi connectivity index (χ4n) is 2.28. The van der Waals surface area contributed by atoms with Crippen molar-refractivity contribution in [1.29, 1.82) is 0 Å². The molecule has 0 amide bonds. The number of hydrogen-bond donors (Lipinski definition) is 1. The van der Waals surface area contributed by atoms with E-state index >= 15 is 0 Å². The second kappa shape index (κ2) is 4.97. The number of carbonyl (C=O) groups is 1. The smallest absolute Gasteiger partial charge is 0.198 e. The molecule has 106 valence electrons. The molecule has 3 rings (SSSR count). The van der Waals surface area contributed by atoms with E-state index in [9.17, 15) is 13.6 Å². The molecule has 0 radical (unpaired) electrons. The van der Waals surface area contributed by atoms with Crippen LogP contribution in [0.4, 0.5) is 8.78 Å². The number of hydrogen-bond acceptors (Lipinski definition) is 1. The van der Waals surface area contributed by atoms with Gasteiger partial charge in [-0.2, -0.15) is 0 Å². The van der Waals surface area contributed by atoms with Gasteiger partial charge in [0, 0.05) is 23.2 Å². The van der Waals surface area contributed by atoms with Gasteiger partial charge in [-0.3, -0.25) is 4.79 Å². The van der Waals surface area contributed by atoms with Crippen molar-refractivity contribution in [3.05, 3.63) is 69.9 Å². The largest absolute Gasteiger partial charge is 0.359 e. The van der Waals surface area contributed by atoms with Crippen LogP contribution in [0.15, 0.2) is 36.5 Å². The molecule has 21 heavy (non-hydrogen) atoms. The first-order chi connectivity index (χ1) is 9.99. The summed E-state index contributed by atoms with van der Waals surface area (Å²) in [6.45, 7) is 1.48. The van der Waals surface area contributed by atoms with Crippen molar-refractivity contribution in [2.45, 2.75) is 6.92 Å². The molecule has 0 aliphatic carbocycles. The molecule has 0 atom stereocenters. The average molecular weight is 306 g/mol. The summed E-state index contributed by atoms with van der Waals surface area (Å²) in [4.78, 5) is 15.4. The van der Waals surface area contributed by atoms with Gasteiger partial charge in [0.25, 0.3) is 0 Å². The maximum absolute atomic E-state index is 13.9. The second-order valence-electron chi connectivity index (χ2n) is 4.78. The minimum absolute atomic E-state index is 0.158. The number of aryl methyl sites for hydroxylation is 1. The second-order valence-corrected chi connectivity index (χ2v) is 5.18. The zero-order valence-electron chi connectivity index (χ0n) is 11.0. The number of rotatable bonds is 2. The van der Waals surface area contributed by atoms with Crippen LogP contribution < -0.4 is 0 Å². The highest BCUT2D eigenvalue weighted by molar-refractivity contribution is 6.35. The highest BCUT2D eigenvalue weighted by Gasteiger charge is 2.19. The molecule has 0 unspecified atom stereocenters. The molecule has 1 heterocycles. The first-order valence-electron chi connectivity index (χ1n) is 6.25. The maximum atomic E-state index is 13.9. The summed E-state index contributed by atoms with van der Waals surface area (Å²) in [5.74, 6) is -2.06. The maximum Gasteiger partial charge on any atom is 0.198 e. The molecule has 0 aliphatic heterocycles. The molecule has 3 aromatic rings. The number of H-pyrrole nitrogens is 1. The lowest BCUT2D eigenvalue weighted by molar-refractivity contribution is 0.103. The number of aromatic amines is 1. The predicted octanol–water partition coefficient (Wildman–Crippen LogP) is 4.64. The number of aromatic nitrogens is 1. The first kappa shape index (κ1) is 13.8. The lowest BCUT2D eigenvalue weighted by Crippen LogP contribution is -2.05. The third kappa shape index (κ3) is 2.21. The number of ketones is 1. The summed E-state index contributed by atoms with van der Waals surface area (Å²) in [6.07, 6.45) is 1.48. The van der Waals surface area contributed by atoms with Crippen LogP contribution in [0.3, 0.4) is 0 Å². The monoisotopic (exact) mass is 305 g/mol. The van der Waals surface area contributed by atoms with Gasteiger partial charge in [0.1, 0.15) is 11.6 Å². The Morgan fingerprint density at radius 3 is 2.67 bits per heavy atom. The quantitative estimate of drug-likeness (QED) is 0.687. The Bertz CT molecular complexity index is 870. The number of nitrogens with one attached hydrogen (secondary N) is 1. The van der Waals surface area contributed by atoms with E-state index in [2.05, 4.69) is 4.98 Å². The van der Waals surface area contributed by atoms with Gasteiger partial charge in [0.05, 0.1) is 16.1 Å². The zero-order chi connectivity index (χ0) is 15.1. The minimum atomic E-state index is -0.875. The van der Waals surface area contributed by atoms with Crippen molar-refractivity contribution < 1.29 is 13.6 Å². The Balaban J connectivity index is 2.18. The molecule has 0 saturated heterocycles. The van der Waals surface area contributed by atoms with Gasteiger partial charge in [0.15, 0.2) is 5.78 Å². The Kier molecular flexibility index (Phi) is 3.26. The predicted molar refractivity (Wildman–Crippen MR) is 77.8 cm³/mol. The standard InChI is InChI=1S/C16H10ClF2NO/c1-8-5-10(14(19)6-13(8)18)16(21)11-7-20-15-9(11)3-2-4-12(15)17/h2-7,20H,1H3. The number of halogens is 3. The lowest BCUT2D eigenvalue weighted by atomic mass is 10.0. The van der Waals surface area contributed by atoms with Gasteiger partial charge in [0.2, 0.25) is 0 Å². The van der Waals surface area contributed by atoms with Crippen LogP contribution in [0.25, 0.3) is 10.9 Å². The highest BCUT2D eigenvalue weighted by Crippen LogP contribution is 2.27. The summed E-state index contributed by atoms with van der Waals surface area (Å²) in [6, 6.07) is 7.07. The molecule has 5 heteroatoms. The van der Waals surface area contributed by atoms with Crippen LogP contribution in [0.2, 0.25) is 5.02 Å². The Hall–Kier alpha value is -2.20. The molecule has 0 aliphatic rings.